The summed E-state index contributed by atoms with van der Waals surface area (Å²) in [6.07, 6.45) is 3.41. The third-order valence-corrected chi connectivity index (χ3v) is 3.57. The fourth-order valence-electron chi connectivity index (χ4n) is 2.20. The second-order valence-corrected chi connectivity index (χ2v) is 5.16. The molecule has 6 heteroatoms. The molecule has 1 N–H and O–H groups in total. The molecule has 0 aliphatic carbocycles. The molecule has 0 radical (unpaired) electrons. The first-order valence-corrected chi connectivity index (χ1v) is 7.38. The second kappa shape index (κ2) is 6.95. The van der Waals surface area contributed by atoms with Gasteiger partial charge in [-0.1, -0.05) is 6.07 Å². The molecule has 1 heterocycles. The van der Waals surface area contributed by atoms with Gasteiger partial charge in [0.05, 0.1) is 25.2 Å². The highest BCUT2D eigenvalue weighted by atomic mass is 19.1. The zero-order valence-electron chi connectivity index (χ0n) is 13.4. The lowest BCUT2D eigenvalue weighted by Gasteiger charge is -2.18. The van der Waals surface area contributed by atoms with Crippen molar-refractivity contribution in [2.24, 2.45) is 0 Å². The Bertz CT molecular complexity index is 806. The number of benzene rings is 2. The van der Waals surface area contributed by atoms with Crippen LogP contribution in [-0.4, -0.2) is 24.1 Å². The lowest BCUT2D eigenvalue weighted by Crippen LogP contribution is -2.10. The largest absolute Gasteiger partial charge is 0.497 e. The zero-order chi connectivity index (χ0) is 16.9. The van der Waals surface area contributed by atoms with Crippen LogP contribution in [0.5, 0.6) is 5.75 Å². The molecule has 0 aliphatic heterocycles. The quantitative estimate of drug-likeness (QED) is 0.764. The Hall–Kier alpha value is -3.15. The molecule has 0 bridgehead atoms. The molecule has 0 amide bonds. The van der Waals surface area contributed by atoms with Crippen LogP contribution in [0.3, 0.4) is 0 Å². The van der Waals surface area contributed by atoms with Gasteiger partial charge in [0.25, 0.3) is 0 Å². The first kappa shape index (κ1) is 15.7. The Balaban J connectivity index is 1.74. The van der Waals surface area contributed by atoms with Crippen LogP contribution in [0.4, 0.5) is 27.4 Å². The number of nitrogens with zero attached hydrogens (tertiary/aromatic N) is 3. The zero-order valence-corrected chi connectivity index (χ0v) is 13.4. The van der Waals surface area contributed by atoms with E-state index in [1.54, 1.807) is 31.6 Å². The van der Waals surface area contributed by atoms with Crippen molar-refractivity contribution in [3.8, 4) is 5.75 Å². The van der Waals surface area contributed by atoms with Gasteiger partial charge in [-0.3, -0.25) is 0 Å². The molecule has 3 aromatic rings. The summed E-state index contributed by atoms with van der Waals surface area (Å²) in [6, 6.07) is 13.8. The van der Waals surface area contributed by atoms with Gasteiger partial charge in [0.15, 0.2) is 0 Å². The predicted molar refractivity (Wildman–Crippen MR) is 92.8 cm³/mol. The minimum atomic E-state index is -0.263. The average Bonchev–Trinajstić information content (AvgIpc) is 2.62. The number of ether oxygens (including phenoxy) is 1. The molecule has 0 aliphatic rings. The van der Waals surface area contributed by atoms with Crippen molar-refractivity contribution in [1.29, 1.82) is 0 Å². The smallest absolute Gasteiger partial charge is 0.227 e. The normalized spacial score (nSPS) is 10.3. The molecule has 1 aromatic heterocycles. The maximum atomic E-state index is 13.0. The monoisotopic (exact) mass is 324 g/mol. The minimum absolute atomic E-state index is 0.263. The summed E-state index contributed by atoms with van der Waals surface area (Å²) in [6.45, 7) is 0. The van der Waals surface area contributed by atoms with Gasteiger partial charge in [-0.25, -0.2) is 14.4 Å². The fraction of sp³-hybridized carbons (Fsp3) is 0.111. The average molecular weight is 324 g/mol. The molecule has 3 rings (SSSR count). The molecule has 0 unspecified atom stereocenters. The van der Waals surface area contributed by atoms with Crippen molar-refractivity contribution in [1.82, 2.24) is 9.97 Å². The van der Waals surface area contributed by atoms with Crippen LogP contribution < -0.4 is 15.0 Å². The van der Waals surface area contributed by atoms with E-state index < -0.39 is 0 Å². The van der Waals surface area contributed by atoms with Gasteiger partial charge in [0.1, 0.15) is 11.6 Å². The van der Waals surface area contributed by atoms with Gasteiger partial charge in [-0.2, -0.15) is 0 Å². The van der Waals surface area contributed by atoms with E-state index in [9.17, 15) is 4.39 Å². The number of hydrogen-bond acceptors (Lipinski definition) is 5. The third kappa shape index (κ3) is 3.60. The first-order valence-electron chi connectivity index (χ1n) is 7.38. The topological polar surface area (TPSA) is 50.3 Å². The Labute approximate surface area is 139 Å². The highest BCUT2D eigenvalue weighted by Crippen LogP contribution is 2.24. The number of rotatable bonds is 5. The number of methoxy groups -OCH3 is 1. The van der Waals surface area contributed by atoms with Crippen molar-refractivity contribution < 1.29 is 9.13 Å². The van der Waals surface area contributed by atoms with E-state index in [2.05, 4.69) is 15.3 Å². The lowest BCUT2D eigenvalue weighted by atomic mass is 10.3. The summed E-state index contributed by atoms with van der Waals surface area (Å²) in [7, 11) is 3.50. The Morgan fingerprint density at radius 2 is 1.71 bits per heavy atom. The van der Waals surface area contributed by atoms with Crippen LogP contribution in [0.25, 0.3) is 0 Å². The molecular formula is C18H17FN4O. The Morgan fingerprint density at radius 3 is 2.38 bits per heavy atom. The predicted octanol–water partition coefficient (Wildman–Crippen LogP) is 4.14. The van der Waals surface area contributed by atoms with Gasteiger partial charge in [0.2, 0.25) is 5.95 Å². The van der Waals surface area contributed by atoms with Gasteiger partial charge in [-0.15, -0.1) is 0 Å². The first-order chi connectivity index (χ1) is 11.7. The molecule has 0 atom stereocenters. The summed E-state index contributed by atoms with van der Waals surface area (Å²) < 4.78 is 18.2. The van der Waals surface area contributed by atoms with E-state index in [1.807, 2.05) is 36.2 Å². The minimum Gasteiger partial charge on any atom is -0.497 e. The number of anilines is 4. The van der Waals surface area contributed by atoms with Crippen LogP contribution in [0.2, 0.25) is 0 Å². The van der Waals surface area contributed by atoms with Gasteiger partial charge < -0.3 is 15.0 Å². The highest BCUT2D eigenvalue weighted by Gasteiger charge is 2.06. The number of hydrogen-bond donors (Lipinski definition) is 1. The molecule has 24 heavy (non-hydrogen) atoms. The van der Waals surface area contributed by atoms with E-state index in [4.69, 9.17) is 4.74 Å². The molecule has 0 spiro atoms. The van der Waals surface area contributed by atoms with Crippen LogP contribution in [0.1, 0.15) is 0 Å². The standard InChI is InChI=1S/C18H17FN4O/c1-23(15-8-6-13(19)7-9-15)16-11-20-18(21-12-16)22-14-4-3-5-17(10-14)24-2/h3-12H,1-2H3,(H,20,21,22). The van der Waals surface area contributed by atoms with Crippen molar-refractivity contribution in [3.05, 3.63) is 66.7 Å². The maximum absolute atomic E-state index is 13.0. The molecule has 122 valence electrons. The van der Waals surface area contributed by atoms with Gasteiger partial charge in [0, 0.05) is 24.5 Å². The highest BCUT2D eigenvalue weighted by molar-refractivity contribution is 5.62. The van der Waals surface area contributed by atoms with Crippen molar-refractivity contribution in [2.45, 2.75) is 0 Å². The number of aromatic nitrogens is 2. The van der Waals surface area contributed by atoms with Crippen molar-refractivity contribution >= 4 is 23.0 Å². The summed E-state index contributed by atoms with van der Waals surface area (Å²) >= 11 is 0. The molecule has 0 saturated heterocycles. The molecule has 0 fully saturated rings. The molecule has 2 aromatic carbocycles. The number of nitrogens with one attached hydrogen (secondary N) is 1. The molecule has 5 nitrogen and oxygen atoms in total. The summed E-state index contributed by atoms with van der Waals surface area (Å²) in [5, 5.41) is 3.12. The van der Waals surface area contributed by atoms with E-state index in [0.717, 1.165) is 22.8 Å². The lowest BCUT2D eigenvalue weighted by molar-refractivity contribution is 0.415. The van der Waals surface area contributed by atoms with E-state index in [-0.39, 0.29) is 5.82 Å². The maximum Gasteiger partial charge on any atom is 0.227 e. The van der Waals surface area contributed by atoms with Crippen LogP contribution in [0, 0.1) is 5.82 Å². The van der Waals surface area contributed by atoms with Crippen LogP contribution in [-0.2, 0) is 0 Å². The molecule has 0 saturated carbocycles. The number of halogens is 1. The SMILES string of the molecule is COc1cccc(Nc2ncc(N(C)c3ccc(F)cc3)cn2)c1. The third-order valence-electron chi connectivity index (χ3n) is 3.57. The summed E-state index contributed by atoms with van der Waals surface area (Å²) in [5.74, 6) is 0.980. The Morgan fingerprint density at radius 1 is 1.00 bits per heavy atom. The fourth-order valence-corrected chi connectivity index (χ4v) is 2.20. The van der Waals surface area contributed by atoms with Crippen LogP contribution in [0.15, 0.2) is 60.9 Å². The second-order valence-electron chi connectivity index (χ2n) is 5.16. The summed E-state index contributed by atoms with van der Waals surface area (Å²) in [4.78, 5) is 10.5. The van der Waals surface area contributed by atoms with E-state index >= 15 is 0 Å². The van der Waals surface area contributed by atoms with Crippen molar-refractivity contribution in [2.75, 3.05) is 24.4 Å². The van der Waals surface area contributed by atoms with E-state index in [0.29, 0.717) is 5.95 Å². The van der Waals surface area contributed by atoms with Gasteiger partial charge in [-0.05, 0) is 36.4 Å². The Kier molecular flexibility index (Phi) is 4.56. The molecular weight excluding hydrogens is 307 g/mol. The summed E-state index contributed by atoms with van der Waals surface area (Å²) in [5.41, 5.74) is 2.50. The van der Waals surface area contributed by atoms with Crippen LogP contribution >= 0.6 is 0 Å². The van der Waals surface area contributed by atoms with E-state index in [1.165, 1.54) is 12.1 Å². The van der Waals surface area contributed by atoms with Gasteiger partial charge >= 0.3 is 0 Å². The van der Waals surface area contributed by atoms with Crippen molar-refractivity contribution in [3.63, 3.8) is 0 Å².